The number of β-amino-alcohol motifs (C(OH)–C–C–N with tert-alkyl or cyclic N) is 1. The summed E-state index contributed by atoms with van der Waals surface area (Å²) in [4.78, 5) is 25.1. The van der Waals surface area contributed by atoms with Gasteiger partial charge in [0.1, 0.15) is 12.6 Å². The highest BCUT2D eigenvalue weighted by Gasteiger charge is 2.37. The van der Waals surface area contributed by atoms with E-state index in [1.165, 1.54) is 0 Å². The minimum Gasteiger partial charge on any atom is -0.480 e. The summed E-state index contributed by atoms with van der Waals surface area (Å²) in [7, 11) is 0. The fourth-order valence-electron chi connectivity index (χ4n) is 4.09. The maximum Gasteiger partial charge on any atom is 0.410 e. The first-order chi connectivity index (χ1) is 13.1. The number of rotatable bonds is 3. The predicted molar refractivity (Wildman–Crippen MR) is 98.4 cm³/mol. The normalized spacial score (nSPS) is 21.4. The molecule has 1 saturated heterocycles. The fourth-order valence-corrected chi connectivity index (χ4v) is 4.09. The maximum absolute atomic E-state index is 12.6. The number of carboxylic acid groups (broad SMARTS) is 1. The van der Waals surface area contributed by atoms with E-state index in [1.807, 2.05) is 36.4 Å². The van der Waals surface area contributed by atoms with Crippen LogP contribution in [-0.4, -0.2) is 52.5 Å². The molecule has 0 aromatic heterocycles. The van der Waals surface area contributed by atoms with Crippen molar-refractivity contribution >= 4 is 12.1 Å². The van der Waals surface area contributed by atoms with Gasteiger partial charge in [-0.1, -0.05) is 48.5 Å². The number of aliphatic hydroxyl groups is 1. The Balaban J connectivity index is 1.53. The largest absolute Gasteiger partial charge is 0.480 e. The Morgan fingerprint density at radius 1 is 1.00 bits per heavy atom. The van der Waals surface area contributed by atoms with Gasteiger partial charge in [0.25, 0.3) is 0 Å². The molecule has 1 amide bonds. The van der Waals surface area contributed by atoms with Crippen LogP contribution in [0.2, 0.25) is 0 Å². The Morgan fingerprint density at radius 3 is 2.19 bits per heavy atom. The number of carboxylic acids is 1. The lowest BCUT2D eigenvalue weighted by atomic mass is 9.98. The van der Waals surface area contributed by atoms with Crippen molar-refractivity contribution in [2.45, 2.75) is 30.9 Å². The molecule has 1 fully saturated rings. The van der Waals surface area contributed by atoms with Gasteiger partial charge >= 0.3 is 12.1 Å². The van der Waals surface area contributed by atoms with Gasteiger partial charge in [-0.05, 0) is 35.1 Å². The third kappa shape index (κ3) is 3.17. The summed E-state index contributed by atoms with van der Waals surface area (Å²) in [6.45, 7) is 0.111. The number of hydrogen-bond donors (Lipinski definition) is 2. The van der Waals surface area contributed by atoms with Gasteiger partial charge < -0.3 is 14.9 Å². The molecule has 2 aromatic rings. The van der Waals surface area contributed by atoms with Crippen LogP contribution in [0.15, 0.2) is 48.5 Å². The van der Waals surface area contributed by atoms with Crippen molar-refractivity contribution in [3.8, 4) is 11.1 Å². The molecule has 2 unspecified atom stereocenters. The second kappa shape index (κ2) is 7.04. The molecule has 2 aromatic carbocycles. The Morgan fingerprint density at radius 2 is 1.59 bits per heavy atom. The molecular weight excluding hydrogens is 346 g/mol. The predicted octanol–water partition coefficient (Wildman–Crippen LogP) is 2.85. The van der Waals surface area contributed by atoms with E-state index in [4.69, 9.17) is 4.74 Å². The molecule has 2 N–H and O–H groups in total. The monoisotopic (exact) mass is 367 g/mol. The van der Waals surface area contributed by atoms with Gasteiger partial charge in [-0.3, -0.25) is 4.90 Å². The minimum atomic E-state index is -1.07. The van der Waals surface area contributed by atoms with Gasteiger partial charge in [-0.2, -0.15) is 0 Å². The van der Waals surface area contributed by atoms with Crippen molar-refractivity contribution in [1.82, 2.24) is 4.90 Å². The SMILES string of the molecule is O=C(O)C1CCC(O)CN1C(=O)OCC1c2ccccc2-c2ccccc21. The summed E-state index contributed by atoms with van der Waals surface area (Å²) < 4.78 is 5.52. The summed E-state index contributed by atoms with van der Waals surface area (Å²) in [6.07, 6.45) is -0.825. The minimum absolute atomic E-state index is 0.0202. The van der Waals surface area contributed by atoms with Crippen molar-refractivity contribution < 1.29 is 24.5 Å². The fraction of sp³-hybridized carbons (Fsp3) is 0.333. The number of fused-ring (bicyclic) bond motifs is 3. The number of piperidine rings is 1. The average molecular weight is 367 g/mol. The van der Waals surface area contributed by atoms with E-state index < -0.39 is 24.2 Å². The molecule has 0 saturated carbocycles. The van der Waals surface area contributed by atoms with Crippen molar-refractivity contribution in [3.05, 3.63) is 59.7 Å². The van der Waals surface area contributed by atoms with Crippen molar-refractivity contribution in [1.29, 1.82) is 0 Å². The summed E-state index contributed by atoms with van der Waals surface area (Å²) >= 11 is 0. The highest BCUT2D eigenvalue weighted by atomic mass is 16.6. The number of hydrogen-bond acceptors (Lipinski definition) is 4. The maximum atomic E-state index is 12.6. The van der Waals surface area contributed by atoms with Crippen molar-refractivity contribution in [2.75, 3.05) is 13.2 Å². The van der Waals surface area contributed by atoms with Crippen LogP contribution in [0.3, 0.4) is 0 Å². The van der Waals surface area contributed by atoms with Crippen molar-refractivity contribution in [3.63, 3.8) is 0 Å². The highest BCUT2D eigenvalue weighted by Crippen LogP contribution is 2.44. The van der Waals surface area contributed by atoms with E-state index in [0.29, 0.717) is 6.42 Å². The molecule has 2 aliphatic rings. The lowest BCUT2D eigenvalue weighted by Gasteiger charge is -2.34. The second-order valence-electron chi connectivity index (χ2n) is 7.04. The van der Waals surface area contributed by atoms with E-state index >= 15 is 0 Å². The summed E-state index contributed by atoms with van der Waals surface area (Å²) in [5.41, 5.74) is 4.46. The van der Waals surface area contributed by atoms with Gasteiger partial charge in [-0.25, -0.2) is 9.59 Å². The molecule has 1 aliphatic carbocycles. The Labute approximate surface area is 157 Å². The number of amides is 1. The molecule has 0 bridgehead atoms. The van der Waals surface area contributed by atoms with E-state index in [2.05, 4.69) is 12.1 Å². The average Bonchev–Trinajstić information content (AvgIpc) is 3.00. The van der Waals surface area contributed by atoms with Gasteiger partial charge in [0, 0.05) is 5.92 Å². The first kappa shape index (κ1) is 17.5. The molecule has 2 atom stereocenters. The molecule has 0 radical (unpaired) electrons. The molecular formula is C21H21NO5. The Bertz CT molecular complexity index is 835. The van der Waals surface area contributed by atoms with Crippen LogP contribution in [0.25, 0.3) is 11.1 Å². The highest BCUT2D eigenvalue weighted by molar-refractivity contribution is 5.81. The van der Waals surface area contributed by atoms with E-state index in [1.54, 1.807) is 0 Å². The topological polar surface area (TPSA) is 87.1 Å². The lowest BCUT2D eigenvalue weighted by Crippen LogP contribution is -2.52. The van der Waals surface area contributed by atoms with Crippen LogP contribution in [0, 0.1) is 0 Å². The summed E-state index contributed by atoms with van der Waals surface area (Å²) in [5, 5.41) is 19.2. The zero-order chi connectivity index (χ0) is 19.0. The zero-order valence-corrected chi connectivity index (χ0v) is 14.7. The number of nitrogens with zero attached hydrogens (tertiary/aromatic N) is 1. The molecule has 6 nitrogen and oxygen atoms in total. The number of benzene rings is 2. The van der Waals surface area contributed by atoms with Crippen LogP contribution >= 0.6 is 0 Å². The van der Waals surface area contributed by atoms with Crippen LogP contribution in [0.4, 0.5) is 4.79 Å². The van der Waals surface area contributed by atoms with Gasteiger partial charge in [0.05, 0.1) is 12.6 Å². The standard InChI is InChI=1S/C21H21NO5/c23-13-9-10-19(20(24)25)22(11-13)21(26)27-12-18-16-7-3-1-5-14(16)15-6-2-4-8-17(15)18/h1-8,13,18-19,23H,9-12H2,(H,24,25). The molecule has 140 valence electrons. The Hall–Kier alpha value is -2.86. The molecule has 1 heterocycles. The number of carbonyl (C=O) groups is 2. The quantitative estimate of drug-likeness (QED) is 0.871. The number of aliphatic carboxylic acids is 1. The van der Waals surface area contributed by atoms with Gasteiger partial charge in [-0.15, -0.1) is 0 Å². The van der Waals surface area contributed by atoms with Crippen molar-refractivity contribution in [2.24, 2.45) is 0 Å². The van der Waals surface area contributed by atoms with Crippen LogP contribution in [0.5, 0.6) is 0 Å². The van der Waals surface area contributed by atoms with Gasteiger partial charge in [0.2, 0.25) is 0 Å². The molecule has 1 aliphatic heterocycles. The Kier molecular flexibility index (Phi) is 4.58. The number of aliphatic hydroxyl groups excluding tert-OH is 1. The number of carbonyl (C=O) groups excluding carboxylic acids is 1. The molecule has 6 heteroatoms. The second-order valence-corrected chi connectivity index (χ2v) is 7.04. The third-order valence-electron chi connectivity index (χ3n) is 5.41. The number of ether oxygens (including phenoxy) is 1. The third-order valence-corrected chi connectivity index (χ3v) is 5.41. The van der Waals surface area contributed by atoms with E-state index in [9.17, 15) is 19.8 Å². The van der Waals surface area contributed by atoms with E-state index in [0.717, 1.165) is 27.2 Å². The molecule has 4 rings (SSSR count). The first-order valence-corrected chi connectivity index (χ1v) is 9.08. The van der Waals surface area contributed by atoms with Gasteiger partial charge in [0.15, 0.2) is 0 Å². The summed E-state index contributed by atoms with van der Waals surface area (Å²) in [6, 6.07) is 15.1. The van der Waals surface area contributed by atoms with Crippen LogP contribution < -0.4 is 0 Å². The molecule has 0 spiro atoms. The summed E-state index contributed by atoms with van der Waals surface area (Å²) in [5.74, 6) is -1.16. The van der Waals surface area contributed by atoms with E-state index in [-0.39, 0.29) is 25.5 Å². The van der Waals surface area contributed by atoms with Crippen LogP contribution in [0.1, 0.15) is 29.9 Å². The smallest absolute Gasteiger partial charge is 0.410 e. The first-order valence-electron chi connectivity index (χ1n) is 9.08. The molecule has 27 heavy (non-hydrogen) atoms. The zero-order valence-electron chi connectivity index (χ0n) is 14.7. The van der Waals surface area contributed by atoms with Crippen LogP contribution in [-0.2, 0) is 9.53 Å². The lowest BCUT2D eigenvalue weighted by molar-refractivity contribution is -0.145. The number of likely N-dealkylation sites (tertiary alicyclic amines) is 1.